The minimum atomic E-state index is -0.0823. The summed E-state index contributed by atoms with van der Waals surface area (Å²) in [5, 5.41) is 0. The Morgan fingerprint density at radius 2 is 1.69 bits per heavy atom. The monoisotopic (exact) mass is 227 g/mol. The number of likely N-dealkylation sites (tertiary alicyclic amines) is 1. The average molecular weight is 227 g/mol. The smallest absolute Gasteiger partial charge is 0.305 e. The van der Waals surface area contributed by atoms with E-state index in [1.54, 1.807) is 0 Å². The predicted molar refractivity (Wildman–Crippen MR) is 65.3 cm³/mol. The van der Waals surface area contributed by atoms with Crippen LogP contribution in [0, 0.1) is 0 Å². The van der Waals surface area contributed by atoms with Crippen molar-refractivity contribution in [3.8, 4) is 0 Å². The van der Waals surface area contributed by atoms with E-state index in [0.717, 1.165) is 12.8 Å². The molecule has 3 heteroatoms. The van der Waals surface area contributed by atoms with Crippen LogP contribution in [0.5, 0.6) is 0 Å². The van der Waals surface area contributed by atoms with Crippen LogP contribution in [0.4, 0.5) is 0 Å². The van der Waals surface area contributed by atoms with E-state index in [1.165, 1.54) is 0 Å². The molecule has 3 nitrogen and oxygen atoms in total. The molecule has 0 aromatic rings. The van der Waals surface area contributed by atoms with Crippen LogP contribution in [0.1, 0.15) is 53.9 Å². The molecule has 0 atom stereocenters. The molecule has 1 aliphatic rings. The van der Waals surface area contributed by atoms with E-state index in [9.17, 15) is 4.79 Å². The second kappa shape index (κ2) is 4.36. The van der Waals surface area contributed by atoms with Crippen molar-refractivity contribution in [3.63, 3.8) is 0 Å². The van der Waals surface area contributed by atoms with Crippen molar-refractivity contribution in [2.45, 2.75) is 71.1 Å². The predicted octanol–water partition coefficient (Wildman–Crippen LogP) is 2.59. The van der Waals surface area contributed by atoms with Gasteiger partial charge in [-0.15, -0.1) is 0 Å². The molecule has 0 aliphatic carbocycles. The van der Waals surface area contributed by atoms with E-state index in [4.69, 9.17) is 4.74 Å². The van der Waals surface area contributed by atoms with Crippen LogP contribution in [0.2, 0.25) is 0 Å². The van der Waals surface area contributed by atoms with Crippen LogP contribution in [0.3, 0.4) is 0 Å². The quantitative estimate of drug-likeness (QED) is 0.679. The first kappa shape index (κ1) is 13.5. The van der Waals surface area contributed by atoms with Crippen molar-refractivity contribution >= 4 is 5.97 Å². The molecule has 0 amide bonds. The highest BCUT2D eigenvalue weighted by Crippen LogP contribution is 2.38. The highest BCUT2D eigenvalue weighted by atomic mass is 16.5. The lowest BCUT2D eigenvalue weighted by atomic mass is 9.79. The van der Waals surface area contributed by atoms with E-state index in [0.29, 0.717) is 6.42 Å². The maximum Gasteiger partial charge on any atom is 0.305 e. The second-order valence-corrected chi connectivity index (χ2v) is 6.06. The summed E-state index contributed by atoms with van der Waals surface area (Å²) in [6.45, 7) is 10.7. The molecule has 0 unspecified atom stereocenters. The van der Waals surface area contributed by atoms with Crippen molar-refractivity contribution in [2.75, 3.05) is 7.05 Å². The van der Waals surface area contributed by atoms with Gasteiger partial charge < -0.3 is 4.74 Å². The van der Waals surface area contributed by atoms with Gasteiger partial charge in [-0.3, -0.25) is 9.69 Å². The first-order valence-corrected chi connectivity index (χ1v) is 6.12. The van der Waals surface area contributed by atoms with Gasteiger partial charge in [0.2, 0.25) is 0 Å². The average Bonchev–Trinajstić information content (AvgIpc) is 2.13. The number of hydrogen-bond donors (Lipinski definition) is 0. The molecule has 1 fully saturated rings. The van der Waals surface area contributed by atoms with Crippen LogP contribution >= 0.6 is 0 Å². The third-order valence-corrected chi connectivity index (χ3v) is 3.86. The third-order valence-electron chi connectivity index (χ3n) is 3.86. The number of carbonyl (C=O) groups is 1. The first-order valence-electron chi connectivity index (χ1n) is 6.12. The summed E-state index contributed by atoms with van der Waals surface area (Å²) in [7, 11) is 2.15. The summed E-state index contributed by atoms with van der Waals surface area (Å²) in [6.07, 6.45) is 2.36. The summed E-state index contributed by atoms with van der Waals surface area (Å²) < 4.78 is 5.49. The molecule has 0 radical (unpaired) electrons. The fraction of sp³-hybridized carbons (Fsp3) is 0.923. The van der Waals surface area contributed by atoms with Crippen molar-refractivity contribution < 1.29 is 9.53 Å². The molecule has 0 aromatic carbocycles. The van der Waals surface area contributed by atoms with Crippen molar-refractivity contribution in [2.24, 2.45) is 0 Å². The van der Waals surface area contributed by atoms with Gasteiger partial charge in [0.05, 0.1) is 0 Å². The van der Waals surface area contributed by atoms with Gasteiger partial charge in [0.1, 0.15) is 6.10 Å². The fourth-order valence-corrected chi connectivity index (χ4v) is 2.63. The van der Waals surface area contributed by atoms with Crippen LogP contribution in [-0.2, 0) is 9.53 Å². The molecule has 1 saturated heterocycles. The minimum absolute atomic E-state index is 0.0636. The third kappa shape index (κ3) is 2.76. The lowest BCUT2D eigenvalue weighted by Gasteiger charge is -2.53. The minimum Gasteiger partial charge on any atom is -0.462 e. The number of nitrogens with zero attached hydrogens (tertiary/aromatic N) is 1. The van der Waals surface area contributed by atoms with Gasteiger partial charge in [-0.25, -0.2) is 0 Å². The fourth-order valence-electron chi connectivity index (χ4n) is 2.63. The summed E-state index contributed by atoms with van der Waals surface area (Å²) in [5.74, 6) is -0.0823. The molecule has 1 rings (SSSR count). The van der Waals surface area contributed by atoms with Gasteiger partial charge in [0.25, 0.3) is 0 Å². The summed E-state index contributed by atoms with van der Waals surface area (Å²) >= 11 is 0. The van der Waals surface area contributed by atoms with Crippen LogP contribution < -0.4 is 0 Å². The molecule has 1 aliphatic heterocycles. The van der Waals surface area contributed by atoms with Gasteiger partial charge in [0.15, 0.2) is 0 Å². The Morgan fingerprint density at radius 1 is 1.25 bits per heavy atom. The van der Waals surface area contributed by atoms with Gasteiger partial charge >= 0.3 is 5.97 Å². The zero-order valence-electron chi connectivity index (χ0n) is 11.5. The standard InChI is InChI=1S/C13H25NO2/c1-7-11(15)16-10-8-12(2,3)14(6)13(4,5)9-10/h10H,7-9H2,1-6H3. The molecular formula is C13H25NO2. The molecule has 94 valence electrons. The molecule has 1 heterocycles. The zero-order valence-corrected chi connectivity index (χ0v) is 11.5. The van der Waals surface area contributed by atoms with Gasteiger partial charge in [-0.2, -0.15) is 0 Å². The molecule has 0 aromatic heterocycles. The number of esters is 1. The summed E-state index contributed by atoms with van der Waals surface area (Å²) in [6, 6.07) is 0. The van der Waals surface area contributed by atoms with Crippen LogP contribution in [-0.4, -0.2) is 35.1 Å². The van der Waals surface area contributed by atoms with E-state index < -0.39 is 0 Å². The Labute approximate surface area is 99.1 Å². The van der Waals surface area contributed by atoms with Crippen molar-refractivity contribution in [1.29, 1.82) is 0 Å². The van der Waals surface area contributed by atoms with Crippen molar-refractivity contribution in [3.05, 3.63) is 0 Å². The molecule has 0 N–H and O–H groups in total. The highest BCUT2D eigenvalue weighted by Gasteiger charge is 2.44. The van der Waals surface area contributed by atoms with Crippen LogP contribution in [0.25, 0.3) is 0 Å². The topological polar surface area (TPSA) is 29.5 Å². The molecule has 0 saturated carbocycles. The van der Waals surface area contributed by atoms with Crippen LogP contribution in [0.15, 0.2) is 0 Å². The number of ether oxygens (including phenoxy) is 1. The SMILES string of the molecule is CCC(=O)OC1CC(C)(C)N(C)C(C)(C)C1. The second-order valence-electron chi connectivity index (χ2n) is 6.06. The van der Waals surface area contributed by atoms with E-state index >= 15 is 0 Å². The Kier molecular flexibility index (Phi) is 3.68. The Hall–Kier alpha value is -0.570. The Morgan fingerprint density at radius 3 is 2.06 bits per heavy atom. The normalized spacial score (nSPS) is 25.4. The summed E-state index contributed by atoms with van der Waals surface area (Å²) in [5.41, 5.74) is 0.168. The zero-order chi connectivity index (χ0) is 12.6. The van der Waals surface area contributed by atoms with Crippen molar-refractivity contribution in [1.82, 2.24) is 4.90 Å². The highest BCUT2D eigenvalue weighted by molar-refractivity contribution is 5.69. The Bertz CT molecular complexity index is 253. The van der Waals surface area contributed by atoms with Gasteiger partial charge in [-0.05, 0) is 34.7 Å². The largest absolute Gasteiger partial charge is 0.462 e. The van der Waals surface area contributed by atoms with E-state index in [-0.39, 0.29) is 23.2 Å². The number of carbonyl (C=O) groups excluding carboxylic acids is 1. The van der Waals surface area contributed by atoms with Gasteiger partial charge in [-0.1, -0.05) is 6.92 Å². The molecule has 0 bridgehead atoms. The lowest BCUT2D eigenvalue weighted by molar-refractivity contribution is -0.158. The lowest BCUT2D eigenvalue weighted by Crippen LogP contribution is -2.60. The van der Waals surface area contributed by atoms with E-state index in [1.807, 2.05) is 6.92 Å². The number of hydrogen-bond acceptors (Lipinski definition) is 3. The van der Waals surface area contributed by atoms with E-state index in [2.05, 4.69) is 39.6 Å². The van der Waals surface area contributed by atoms with Gasteiger partial charge in [0, 0.05) is 30.3 Å². The molecule has 16 heavy (non-hydrogen) atoms. The number of piperidine rings is 1. The molecule has 0 spiro atoms. The molecular weight excluding hydrogens is 202 g/mol. The maximum absolute atomic E-state index is 11.3. The number of rotatable bonds is 2. The Balaban J connectivity index is 2.75. The first-order chi connectivity index (χ1) is 7.19. The summed E-state index contributed by atoms with van der Waals surface area (Å²) in [4.78, 5) is 13.7. The maximum atomic E-state index is 11.3.